The number of carbonyl (C=O) groups is 3. The minimum atomic E-state index is -0.568. The molecule has 4 aromatic carbocycles. The second kappa shape index (κ2) is 14.3. The fourth-order valence-corrected chi connectivity index (χ4v) is 5.61. The lowest BCUT2D eigenvalue weighted by Gasteiger charge is -2.16. The molecule has 0 aliphatic heterocycles. The molecule has 0 aliphatic carbocycles. The molecule has 1 atom stereocenters. The maximum atomic E-state index is 13.6. The number of ether oxygens (including phenoxy) is 1. The summed E-state index contributed by atoms with van der Waals surface area (Å²) in [4.78, 5) is 43.7. The Kier molecular flexibility index (Phi) is 9.86. The van der Waals surface area contributed by atoms with Gasteiger partial charge in [0.15, 0.2) is 0 Å². The van der Waals surface area contributed by atoms with Crippen LogP contribution in [0.5, 0.6) is 11.5 Å². The molecule has 45 heavy (non-hydrogen) atoms. The number of anilines is 2. The molecule has 1 aromatic heterocycles. The standard InChI is InChI=1S/C35H32N4O5S/c1-3-32(35(43)38-26-14-12-22-16-17-36-29(22)20-26)45-28-11-7-10-25(19-28)37-34(42)30(39-33(41)23-8-5-4-6-9-23)18-24-13-15-27(40)21-31(24)44-2/h4-21,32,36,40H,3H2,1-2H3,(H,37,42)(H,38,43)(H,39,41)/b30-18+. The van der Waals surface area contributed by atoms with Crippen LogP contribution in [-0.4, -0.2) is 40.2 Å². The van der Waals surface area contributed by atoms with Crippen LogP contribution in [0.1, 0.15) is 29.3 Å². The van der Waals surface area contributed by atoms with Gasteiger partial charge < -0.3 is 30.8 Å². The molecule has 3 amide bonds. The van der Waals surface area contributed by atoms with Crippen molar-refractivity contribution in [3.05, 3.63) is 120 Å². The van der Waals surface area contributed by atoms with Crippen LogP contribution in [-0.2, 0) is 9.59 Å². The van der Waals surface area contributed by atoms with Crippen LogP contribution in [0.15, 0.2) is 114 Å². The number of hydrogen-bond acceptors (Lipinski definition) is 6. The minimum absolute atomic E-state index is 0.00159. The number of carbonyl (C=O) groups excluding carboxylic acids is 3. The van der Waals surface area contributed by atoms with Gasteiger partial charge in [0.2, 0.25) is 5.91 Å². The van der Waals surface area contributed by atoms with Crippen LogP contribution in [0.25, 0.3) is 17.0 Å². The van der Waals surface area contributed by atoms with E-state index in [9.17, 15) is 19.5 Å². The van der Waals surface area contributed by atoms with E-state index in [4.69, 9.17) is 4.74 Å². The molecule has 0 fully saturated rings. The Balaban J connectivity index is 1.33. The summed E-state index contributed by atoms with van der Waals surface area (Å²) >= 11 is 1.39. The molecule has 5 N–H and O–H groups in total. The number of thioether (sulfide) groups is 1. The van der Waals surface area contributed by atoms with Crippen LogP contribution in [0.2, 0.25) is 0 Å². The lowest BCUT2D eigenvalue weighted by Crippen LogP contribution is -2.30. The van der Waals surface area contributed by atoms with Gasteiger partial charge in [0.1, 0.15) is 17.2 Å². The first kappa shape index (κ1) is 31.0. The summed E-state index contributed by atoms with van der Waals surface area (Å²) in [6.45, 7) is 1.95. The summed E-state index contributed by atoms with van der Waals surface area (Å²) < 4.78 is 5.36. The molecule has 0 radical (unpaired) electrons. The summed E-state index contributed by atoms with van der Waals surface area (Å²) in [6, 6.07) is 27.9. The summed E-state index contributed by atoms with van der Waals surface area (Å²) in [6.07, 6.45) is 3.92. The SMILES string of the molecule is CCC(Sc1cccc(NC(=O)/C(=C\c2ccc(O)cc2OC)NC(=O)c2ccccc2)c1)C(=O)Nc1ccc2cc[nH]c2c1. The van der Waals surface area contributed by atoms with Gasteiger partial charge in [-0.05, 0) is 78.5 Å². The number of aromatic hydroxyl groups is 1. The second-order valence-electron chi connectivity index (χ2n) is 10.1. The van der Waals surface area contributed by atoms with E-state index >= 15 is 0 Å². The van der Waals surface area contributed by atoms with Gasteiger partial charge in [-0.2, -0.15) is 0 Å². The zero-order valence-corrected chi connectivity index (χ0v) is 25.5. The average molecular weight is 621 g/mol. The van der Waals surface area contributed by atoms with Crippen LogP contribution in [0.3, 0.4) is 0 Å². The Labute approximate surface area is 264 Å². The van der Waals surface area contributed by atoms with Crippen LogP contribution in [0.4, 0.5) is 11.4 Å². The number of H-pyrrole nitrogens is 1. The molecule has 0 bridgehead atoms. The van der Waals surface area contributed by atoms with Gasteiger partial charge in [0.25, 0.3) is 11.8 Å². The van der Waals surface area contributed by atoms with Crippen molar-refractivity contribution >= 4 is 57.8 Å². The van der Waals surface area contributed by atoms with Crippen molar-refractivity contribution in [3.63, 3.8) is 0 Å². The summed E-state index contributed by atoms with van der Waals surface area (Å²) in [5, 5.41) is 19.1. The van der Waals surface area contributed by atoms with E-state index in [0.29, 0.717) is 34.7 Å². The number of methoxy groups -OCH3 is 1. The zero-order valence-electron chi connectivity index (χ0n) is 24.7. The second-order valence-corrected chi connectivity index (χ2v) is 11.3. The van der Waals surface area contributed by atoms with Gasteiger partial charge in [0, 0.05) is 45.2 Å². The van der Waals surface area contributed by atoms with E-state index in [2.05, 4.69) is 20.9 Å². The number of rotatable bonds is 11. The fraction of sp³-hybridized carbons (Fsp3) is 0.114. The van der Waals surface area contributed by atoms with Crippen LogP contribution < -0.4 is 20.7 Å². The Hall–Kier alpha value is -5.48. The molecule has 228 valence electrons. The number of phenolic OH excluding ortho intramolecular Hbond substituents is 1. The number of amides is 3. The first-order chi connectivity index (χ1) is 21.8. The van der Waals surface area contributed by atoms with E-state index in [1.165, 1.54) is 37.1 Å². The molecule has 1 unspecified atom stereocenters. The number of aromatic nitrogens is 1. The molecule has 9 nitrogen and oxygen atoms in total. The molecule has 0 saturated heterocycles. The number of nitrogens with one attached hydrogen (secondary N) is 4. The predicted octanol–water partition coefficient (Wildman–Crippen LogP) is 6.80. The molecular weight excluding hydrogens is 588 g/mol. The topological polar surface area (TPSA) is 133 Å². The van der Waals surface area contributed by atoms with Crippen molar-refractivity contribution in [1.29, 1.82) is 0 Å². The Morgan fingerprint density at radius 3 is 2.49 bits per heavy atom. The minimum Gasteiger partial charge on any atom is -0.508 e. The number of phenols is 1. The van der Waals surface area contributed by atoms with Gasteiger partial charge in [-0.3, -0.25) is 14.4 Å². The molecule has 10 heteroatoms. The summed E-state index contributed by atoms with van der Waals surface area (Å²) in [7, 11) is 1.45. The van der Waals surface area contributed by atoms with Crippen LogP contribution >= 0.6 is 11.8 Å². The van der Waals surface area contributed by atoms with Crippen molar-refractivity contribution in [2.45, 2.75) is 23.5 Å². The predicted molar refractivity (Wildman–Crippen MR) is 178 cm³/mol. The fourth-order valence-electron chi connectivity index (χ4n) is 4.60. The average Bonchev–Trinajstić information content (AvgIpc) is 3.52. The first-order valence-electron chi connectivity index (χ1n) is 14.2. The summed E-state index contributed by atoms with van der Waals surface area (Å²) in [5.41, 5.74) is 2.95. The van der Waals surface area contributed by atoms with Gasteiger partial charge in [-0.25, -0.2) is 0 Å². The highest BCUT2D eigenvalue weighted by Crippen LogP contribution is 2.30. The van der Waals surface area contributed by atoms with Gasteiger partial charge in [-0.15, -0.1) is 11.8 Å². The molecule has 0 saturated carbocycles. The lowest BCUT2D eigenvalue weighted by atomic mass is 10.1. The first-order valence-corrected chi connectivity index (χ1v) is 15.1. The summed E-state index contributed by atoms with van der Waals surface area (Å²) in [5.74, 6) is -0.838. The van der Waals surface area contributed by atoms with Gasteiger partial charge >= 0.3 is 0 Å². The maximum Gasteiger partial charge on any atom is 0.272 e. The third-order valence-corrected chi connectivity index (χ3v) is 8.26. The molecule has 5 aromatic rings. The zero-order chi connectivity index (χ0) is 31.8. The Bertz CT molecular complexity index is 1870. The van der Waals surface area contributed by atoms with Crippen LogP contribution in [0, 0.1) is 0 Å². The van der Waals surface area contributed by atoms with E-state index in [-0.39, 0.29) is 22.6 Å². The van der Waals surface area contributed by atoms with Crippen molar-refractivity contribution in [3.8, 4) is 11.5 Å². The Morgan fingerprint density at radius 1 is 0.911 bits per heavy atom. The normalized spacial score (nSPS) is 11.9. The van der Waals surface area contributed by atoms with E-state index in [1.54, 1.807) is 54.6 Å². The third-order valence-electron chi connectivity index (χ3n) is 6.90. The van der Waals surface area contributed by atoms with E-state index < -0.39 is 11.8 Å². The molecule has 5 rings (SSSR count). The third kappa shape index (κ3) is 7.92. The number of fused-ring (bicyclic) bond motifs is 1. The van der Waals surface area contributed by atoms with Gasteiger partial charge in [0.05, 0.1) is 12.4 Å². The van der Waals surface area contributed by atoms with E-state index in [1.807, 2.05) is 43.5 Å². The maximum absolute atomic E-state index is 13.6. The molecule has 0 aliphatic rings. The quantitative estimate of drug-likeness (QED) is 0.0815. The highest BCUT2D eigenvalue weighted by atomic mass is 32.2. The van der Waals surface area contributed by atoms with Crippen molar-refractivity contribution in [1.82, 2.24) is 10.3 Å². The molecule has 1 heterocycles. The number of aromatic amines is 1. The van der Waals surface area contributed by atoms with Gasteiger partial charge in [-0.1, -0.05) is 37.3 Å². The highest BCUT2D eigenvalue weighted by molar-refractivity contribution is 8.00. The smallest absolute Gasteiger partial charge is 0.272 e. The number of benzene rings is 4. The van der Waals surface area contributed by atoms with Crippen molar-refractivity contribution in [2.75, 3.05) is 17.7 Å². The van der Waals surface area contributed by atoms with E-state index in [0.717, 1.165) is 15.8 Å². The van der Waals surface area contributed by atoms with Crippen molar-refractivity contribution < 1.29 is 24.2 Å². The lowest BCUT2D eigenvalue weighted by molar-refractivity contribution is -0.116. The molecule has 0 spiro atoms. The highest BCUT2D eigenvalue weighted by Gasteiger charge is 2.20. The van der Waals surface area contributed by atoms with Crippen molar-refractivity contribution in [2.24, 2.45) is 0 Å². The number of hydrogen-bond donors (Lipinski definition) is 5. The largest absolute Gasteiger partial charge is 0.508 e. The monoisotopic (exact) mass is 620 g/mol. The Morgan fingerprint density at radius 2 is 1.71 bits per heavy atom. The molecular formula is C35H32N4O5S.